The molecule has 0 amide bonds. The van der Waals surface area contributed by atoms with E-state index in [9.17, 15) is 0 Å². The monoisotopic (exact) mass is 299 g/mol. The molecule has 0 aliphatic rings. The molecule has 0 radical (unpaired) electrons. The van der Waals surface area contributed by atoms with E-state index in [-0.39, 0.29) is 5.41 Å². The third kappa shape index (κ3) is 6.27. The number of aromatic nitrogens is 2. The van der Waals surface area contributed by atoms with Crippen molar-refractivity contribution in [1.82, 2.24) is 15.5 Å². The van der Waals surface area contributed by atoms with Crippen LogP contribution in [-0.2, 0) is 12.2 Å². The molecular formula is C15H29N3OS. The van der Waals surface area contributed by atoms with Gasteiger partial charge in [-0.15, -0.1) is 0 Å². The first-order valence-corrected chi connectivity index (χ1v) is 8.75. The van der Waals surface area contributed by atoms with Crippen LogP contribution in [0.3, 0.4) is 0 Å². The Hall–Kier alpha value is -0.550. The average Bonchev–Trinajstić information content (AvgIpc) is 2.81. The Balaban J connectivity index is 2.55. The van der Waals surface area contributed by atoms with Crippen molar-refractivity contribution in [3.8, 4) is 0 Å². The first kappa shape index (κ1) is 17.5. The second kappa shape index (κ2) is 8.67. The SMILES string of the molecule is CCCNC(Cc1nc(CSCCC)no1)C(C)(C)C. The fraction of sp³-hybridized carbons (Fsp3) is 0.867. The summed E-state index contributed by atoms with van der Waals surface area (Å²) in [4.78, 5) is 4.50. The predicted molar refractivity (Wildman–Crippen MR) is 86.0 cm³/mol. The molecule has 0 fully saturated rings. The highest BCUT2D eigenvalue weighted by molar-refractivity contribution is 7.98. The molecule has 1 atom stereocenters. The molecule has 4 nitrogen and oxygen atoms in total. The van der Waals surface area contributed by atoms with Crippen molar-refractivity contribution in [3.05, 3.63) is 11.7 Å². The van der Waals surface area contributed by atoms with E-state index < -0.39 is 0 Å². The lowest BCUT2D eigenvalue weighted by Gasteiger charge is -2.30. The molecule has 0 saturated carbocycles. The third-order valence-corrected chi connectivity index (χ3v) is 4.31. The maximum Gasteiger partial charge on any atom is 0.228 e. The molecule has 0 bridgehead atoms. The molecule has 116 valence electrons. The van der Waals surface area contributed by atoms with Crippen molar-refractivity contribution in [2.75, 3.05) is 12.3 Å². The summed E-state index contributed by atoms with van der Waals surface area (Å²) >= 11 is 1.86. The summed E-state index contributed by atoms with van der Waals surface area (Å²) in [6.45, 7) is 12.1. The lowest BCUT2D eigenvalue weighted by atomic mass is 9.84. The van der Waals surface area contributed by atoms with Gasteiger partial charge in [-0.3, -0.25) is 0 Å². The predicted octanol–water partition coefficient (Wildman–Crippen LogP) is 3.67. The van der Waals surface area contributed by atoms with Gasteiger partial charge in [0.15, 0.2) is 5.82 Å². The summed E-state index contributed by atoms with van der Waals surface area (Å²) in [6, 6.07) is 0.360. The highest BCUT2D eigenvalue weighted by Gasteiger charge is 2.26. The summed E-state index contributed by atoms with van der Waals surface area (Å²) < 4.78 is 5.39. The lowest BCUT2D eigenvalue weighted by molar-refractivity contribution is 0.244. The molecule has 1 N–H and O–H groups in total. The standard InChI is InChI=1S/C15H29N3OS/c1-6-8-16-12(15(3,4)5)10-14-17-13(18-19-14)11-20-9-7-2/h12,16H,6-11H2,1-5H3. The van der Waals surface area contributed by atoms with Crippen LogP contribution in [0.2, 0.25) is 0 Å². The molecule has 0 spiro atoms. The van der Waals surface area contributed by atoms with E-state index in [0.717, 1.165) is 42.6 Å². The molecule has 1 rings (SSSR count). The summed E-state index contributed by atoms with van der Waals surface area (Å²) in [5.41, 5.74) is 0.181. The van der Waals surface area contributed by atoms with E-state index in [0.29, 0.717) is 6.04 Å². The van der Waals surface area contributed by atoms with Crippen LogP contribution in [-0.4, -0.2) is 28.5 Å². The number of hydrogen-bond acceptors (Lipinski definition) is 5. The molecule has 1 unspecified atom stereocenters. The van der Waals surface area contributed by atoms with Gasteiger partial charge in [-0.1, -0.05) is 39.8 Å². The third-order valence-electron chi connectivity index (χ3n) is 3.15. The second-order valence-corrected chi connectivity index (χ2v) is 7.34. The molecule has 0 aromatic carbocycles. The zero-order valence-electron chi connectivity index (χ0n) is 13.5. The molecule has 1 aromatic rings. The summed E-state index contributed by atoms with van der Waals surface area (Å²) in [5.74, 6) is 3.56. The van der Waals surface area contributed by atoms with Gasteiger partial charge in [-0.25, -0.2) is 0 Å². The number of hydrogen-bond donors (Lipinski definition) is 1. The van der Waals surface area contributed by atoms with Crippen molar-refractivity contribution in [2.45, 2.75) is 65.7 Å². The first-order valence-electron chi connectivity index (χ1n) is 7.60. The maximum absolute atomic E-state index is 5.39. The van der Waals surface area contributed by atoms with E-state index in [1.165, 1.54) is 6.42 Å². The molecule has 5 heteroatoms. The molecular weight excluding hydrogens is 270 g/mol. The van der Waals surface area contributed by atoms with Gasteiger partial charge in [0.1, 0.15) is 0 Å². The van der Waals surface area contributed by atoms with Crippen LogP contribution in [0.25, 0.3) is 0 Å². The molecule has 0 aliphatic carbocycles. The van der Waals surface area contributed by atoms with E-state index in [4.69, 9.17) is 4.52 Å². The van der Waals surface area contributed by atoms with Crippen molar-refractivity contribution >= 4 is 11.8 Å². The van der Waals surface area contributed by atoms with Crippen LogP contribution < -0.4 is 5.32 Å². The van der Waals surface area contributed by atoms with Crippen molar-refractivity contribution in [3.63, 3.8) is 0 Å². The van der Waals surface area contributed by atoms with Gasteiger partial charge in [0, 0.05) is 12.5 Å². The van der Waals surface area contributed by atoms with Crippen LogP contribution in [0.5, 0.6) is 0 Å². The number of nitrogens with zero attached hydrogens (tertiary/aromatic N) is 2. The zero-order chi connectivity index (χ0) is 15.0. The van der Waals surface area contributed by atoms with Gasteiger partial charge in [-0.2, -0.15) is 16.7 Å². The molecule has 1 aromatic heterocycles. The van der Waals surface area contributed by atoms with Crippen molar-refractivity contribution < 1.29 is 4.52 Å². The molecule has 20 heavy (non-hydrogen) atoms. The minimum atomic E-state index is 0.181. The fourth-order valence-corrected chi connectivity index (χ4v) is 2.65. The first-order chi connectivity index (χ1) is 9.47. The van der Waals surface area contributed by atoms with Crippen LogP contribution in [0.1, 0.15) is 59.2 Å². The highest BCUT2D eigenvalue weighted by atomic mass is 32.2. The topological polar surface area (TPSA) is 51.0 Å². The Morgan fingerprint density at radius 1 is 1.25 bits per heavy atom. The van der Waals surface area contributed by atoms with Gasteiger partial charge in [0.2, 0.25) is 5.89 Å². The zero-order valence-corrected chi connectivity index (χ0v) is 14.3. The van der Waals surface area contributed by atoms with Gasteiger partial charge in [0.05, 0.1) is 5.75 Å². The van der Waals surface area contributed by atoms with E-state index >= 15 is 0 Å². The number of nitrogens with one attached hydrogen (secondary N) is 1. The Labute approximate surface area is 127 Å². The minimum Gasteiger partial charge on any atom is -0.339 e. The number of rotatable bonds is 9. The normalized spacial score (nSPS) is 13.7. The minimum absolute atomic E-state index is 0.181. The smallest absolute Gasteiger partial charge is 0.228 e. The molecule has 0 saturated heterocycles. The van der Waals surface area contributed by atoms with Crippen LogP contribution in [0, 0.1) is 5.41 Å². The largest absolute Gasteiger partial charge is 0.339 e. The van der Waals surface area contributed by atoms with E-state index in [1.807, 2.05) is 11.8 Å². The van der Waals surface area contributed by atoms with Gasteiger partial charge < -0.3 is 9.84 Å². The van der Waals surface area contributed by atoms with Gasteiger partial charge >= 0.3 is 0 Å². The number of thioether (sulfide) groups is 1. The van der Waals surface area contributed by atoms with Crippen LogP contribution >= 0.6 is 11.8 Å². The fourth-order valence-electron chi connectivity index (χ4n) is 1.92. The summed E-state index contributed by atoms with van der Waals surface area (Å²) in [5, 5.41) is 7.66. The molecule has 0 aliphatic heterocycles. The van der Waals surface area contributed by atoms with Gasteiger partial charge in [-0.05, 0) is 30.6 Å². The second-order valence-electron chi connectivity index (χ2n) is 6.23. The average molecular weight is 299 g/mol. The maximum atomic E-state index is 5.39. The van der Waals surface area contributed by atoms with E-state index in [2.05, 4.69) is 50.1 Å². The lowest BCUT2D eigenvalue weighted by Crippen LogP contribution is -2.42. The molecule has 1 heterocycles. The van der Waals surface area contributed by atoms with Crippen LogP contribution in [0.4, 0.5) is 0 Å². The Morgan fingerprint density at radius 3 is 2.60 bits per heavy atom. The Morgan fingerprint density at radius 2 is 2.00 bits per heavy atom. The van der Waals surface area contributed by atoms with E-state index in [1.54, 1.807) is 0 Å². The van der Waals surface area contributed by atoms with Crippen LogP contribution in [0.15, 0.2) is 4.52 Å². The summed E-state index contributed by atoms with van der Waals surface area (Å²) in [6.07, 6.45) is 3.12. The Bertz CT molecular complexity index is 373. The highest BCUT2D eigenvalue weighted by Crippen LogP contribution is 2.22. The van der Waals surface area contributed by atoms with Crippen molar-refractivity contribution in [2.24, 2.45) is 5.41 Å². The van der Waals surface area contributed by atoms with Crippen molar-refractivity contribution in [1.29, 1.82) is 0 Å². The Kier molecular flexibility index (Phi) is 7.59. The van der Waals surface area contributed by atoms with Gasteiger partial charge in [0.25, 0.3) is 0 Å². The quantitative estimate of drug-likeness (QED) is 0.705. The summed E-state index contributed by atoms with van der Waals surface area (Å²) in [7, 11) is 0.